The van der Waals surface area contributed by atoms with Crippen LogP contribution in [0.5, 0.6) is 5.75 Å². The molecule has 3 aromatic heterocycles. The monoisotopic (exact) mass is 437 g/mol. The summed E-state index contributed by atoms with van der Waals surface area (Å²) in [6.45, 7) is 4.63. The van der Waals surface area contributed by atoms with Crippen LogP contribution in [0.25, 0.3) is 16.9 Å². The topological polar surface area (TPSA) is 74.0 Å². The van der Waals surface area contributed by atoms with Crippen molar-refractivity contribution in [3.05, 3.63) is 65.1 Å². The van der Waals surface area contributed by atoms with E-state index in [9.17, 15) is 4.79 Å². The number of rotatable bonds is 7. The Hall–Kier alpha value is -3.32. The van der Waals surface area contributed by atoms with Crippen LogP contribution in [-0.4, -0.2) is 32.3 Å². The number of ether oxygens (including phenoxy) is 1. The Balaban J connectivity index is 1.51. The van der Waals surface area contributed by atoms with Crippen LogP contribution in [0.4, 0.5) is 5.69 Å². The minimum Gasteiger partial charge on any atom is -0.495 e. The van der Waals surface area contributed by atoms with Crippen molar-refractivity contribution < 1.29 is 9.53 Å². The molecule has 0 fully saturated rings. The van der Waals surface area contributed by atoms with Gasteiger partial charge in [0.15, 0.2) is 11.5 Å². The van der Waals surface area contributed by atoms with Crippen LogP contribution in [0.3, 0.4) is 0 Å². The average Bonchev–Trinajstić information content (AvgIpc) is 3.36. The fourth-order valence-electron chi connectivity index (χ4n) is 3.68. The summed E-state index contributed by atoms with van der Waals surface area (Å²) in [5, 5.41) is 9.23. The van der Waals surface area contributed by atoms with Gasteiger partial charge in [0.25, 0.3) is 0 Å². The van der Waals surface area contributed by atoms with Crippen molar-refractivity contribution in [2.75, 3.05) is 12.4 Å². The number of anilines is 1. The maximum absolute atomic E-state index is 12.5. The van der Waals surface area contributed by atoms with Crippen LogP contribution >= 0.6 is 11.6 Å². The normalized spacial score (nSPS) is 11.1. The molecule has 160 valence electrons. The van der Waals surface area contributed by atoms with Crippen molar-refractivity contribution in [1.29, 1.82) is 0 Å². The summed E-state index contributed by atoms with van der Waals surface area (Å²) in [4.78, 5) is 17.2. The molecule has 0 aliphatic rings. The zero-order valence-corrected chi connectivity index (χ0v) is 18.5. The molecule has 0 aliphatic carbocycles. The van der Waals surface area contributed by atoms with Crippen molar-refractivity contribution >= 4 is 34.2 Å². The molecule has 0 unspecified atom stereocenters. The lowest BCUT2D eigenvalue weighted by atomic mass is 10.2. The Labute approximate surface area is 185 Å². The van der Waals surface area contributed by atoms with Gasteiger partial charge in [-0.05, 0) is 62.2 Å². The average molecular weight is 438 g/mol. The second-order valence-electron chi connectivity index (χ2n) is 7.41. The minimum atomic E-state index is -0.108. The minimum absolute atomic E-state index is 0.108. The van der Waals surface area contributed by atoms with E-state index >= 15 is 0 Å². The zero-order valence-electron chi connectivity index (χ0n) is 17.7. The molecule has 0 aliphatic heterocycles. The number of amides is 1. The van der Waals surface area contributed by atoms with Crippen molar-refractivity contribution in [2.45, 2.75) is 33.2 Å². The third-order valence-corrected chi connectivity index (χ3v) is 5.30. The maximum atomic E-state index is 12.5. The molecule has 31 heavy (non-hydrogen) atoms. The van der Waals surface area contributed by atoms with Gasteiger partial charge in [-0.25, -0.2) is 9.67 Å². The van der Waals surface area contributed by atoms with E-state index in [0.717, 1.165) is 28.1 Å². The largest absolute Gasteiger partial charge is 0.495 e. The number of hydrogen-bond donors (Lipinski definition) is 1. The number of nitrogens with one attached hydrogen (secondary N) is 1. The molecular weight excluding hydrogens is 414 g/mol. The van der Waals surface area contributed by atoms with E-state index in [1.165, 1.54) is 0 Å². The zero-order chi connectivity index (χ0) is 22.0. The van der Waals surface area contributed by atoms with Crippen molar-refractivity contribution in [3.8, 4) is 11.6 Å². The molecule has 0 radical (unpaired) electrons. The lowest BCUT2D eigenvalue weighted by molar-refractivity contribution is -0.116. The van der Waals surface area contributed by atoms with Crippen LogP contribution in [0.15, 0.2) is 48.8 Å². The number of hydrogen-bond acceptors (Lipinski definition) is 4. The summed E-state index contributed by atoms with van der Waals surface area (Å²) in [6, 6.07) is 11.1. The molecule has 1 aromatic carbocycles. The standard InChI is InChI=1S/C23H24ClN5O2/c1-15-13-16(2)25-22-21(15)23(28-10-4-5-11-28)27-29(22)12-6-7-20(30)26-18-14-17(24)8-9-19(18)31-3/h4-5,8-11,13-14H,6-7,12H2,1-3H3,(H,26,30). The Kier molecular flexibility index (Phi) is 5.95. The van der Waals surface area contributed by atoms with Gasteiger partial charge >= 0.3 is 0 Å². The first-order chi connectivity index (χ1) is 15.0. The van der Waals surface area contributed by atoms with E-state index in [-0.39, 0.29) is 5.91 Å². The first-order valence-electron chi connectivity index (χ1n) is 10.1. The Bertz CT molecular complexity index is 1230. The fraction of sp³-hybridized carbons (Fsp3) is 0.261. The Morgan fingerprint density at radius 2 is 1.97 bits per heavy atom. The third-order valence-electron chi connectivity index (χ3n) is 5.07. The molecule has 7 nitrogen and oxygen atoms in total. The molecule has 0 saturated heterocycles. The summed E-state index contributed by atoms with van der Waals surface area (Å²) in [6.07, 6.45) is 4.89. The summed E-state index contributed by atoms with van der Waals surface area (Å²) < 4.78 is 9.16. The molecule has 3 heterocycles. The van der Waals surface area contributed by atoms with Gasteiger partial charge in [0.2, 0.25) is 5.91 Å². The highest BCUT2D eigenvalue weighted by atomic mass is 35.5. The Morgan fingerprint density at radius 1 is 1.19 bits per heavy atom. The number of pyridine rings is 1. The lowest BCUT2D eigenvalue weighted by Crippen LogP contribution is -2.13. The summed E-state index contributed by atoms with van der Waals surface area (Å²) in [5.74, 6) is 1.31. The van der Waals surface area contributed by atoms with Crippen molar-refractivity contribution in [2.24, 2.45) is 0 Å². The van der Waals surface area contributed by atoms with Gasteiger partial charge in [0.1, 0.15) is 5.75 Å². The number of aryl methyl sites for hydroxylation is 3. The van der Waals surface area contributed by atoms with Gasteiger partial charge < -0.3 is 14.6 Å². The number of fused-ring (bicyclic) bond motifs is 1. The summed E-state index contributed by atoms with van der Waals surface area (Å²) in [5.41, 5.74) is 3.46. The van der Waals surface area contributed by atoms with Crippen molar-refractivity contribution in [3.63, 3.8) is 0 Å². The second-order valence-corrected chi connectivity index (χ2v) is 7.85. The van der Waals surface area contributed by atoms with Gasteiger partial charge in [-0.15, -0.1) is 0 Å². The molecule has 4 aromatic rings. The summed E-state index contributed by atoms with van der Waals surface area (Å²) in [7, 11) is 1.56. The first-order valence-corrected chi connectivity index (χ1v) is 10.5. The number of carbonyl (C=O) groups excluding carboxylic acids is 1. The van der Waals surface area contributed by atoms with E-state index < -0.39 is 0 Å². The van der Waals surface area contributed by atoms with Crippen LogP contribution in [0.1, 0.15) is 24.1 Å². The molecule has 0 spiro atoms. The van der Waals surface area contributed by atoms with E-state index in [2.05, 4.69) is 18.3 Å². The highest BCUT2D eigenvalue weighted by Crippen LogP contribution is 2.28. The molecule has 4 rings (SSSR count). The van der Waals surface area contributed by atoms with Gasteiger partial charge in [0, 0.05) is 36.1 Å². The molecule has 0 atom stereocenters. The highest BCUT2D eigenvalue weighted by molar-refractivity contribution is 6.31. The van der Waals surface area contributed by atoms with Gasteiger partial charge in [-0.2, -0.15) is 5.10 Å². The first kappa shape index (κ1) is 20.9. The number of carbonyl (C=O) groups is 1. The predicted octanol–water partition coefficient (Wildman–Crippen LogP) is 4.92. The molecule has 8 heteroatoms. The number of nitrogens with zero attached hydrogens (tertiary/aromatic N) is 4. The summed E-state index contributed by atoms with van der Waals surface area (Å²) >= 11 is 6.04. The van der Waals surface area contributed by atoms with Crippen LogP contribution in [-0.2, 0) is 11.3 Å². The maximum Gasteiger partial charge on any atom is 0.224 e. The quantitative estimate of drug-likeness (QED) is 0.445. The number of aromatic nitrogens is 4. The van der Waals surface area contributed by atoms with Gasteiger partial charge in [0.05, 0.1) is 18.2 Å². The molecule has 1 amide bonds. The van der Waals surface area contributed by atoms with Gasteiger partial charge in [-0.3, -0.25) is 4.79 Å². The van der Waals surface area contributed by atoms with Gasteiger partial charge in [-0.1, -0.05) is 11.6 Å². The SMILES string of the molecule is COc1ccc(Cl)cc1NC(=O)CCCn1nc(-n2cccc2)c2c(C)cc(C)nc21. The number of halogens is 1. The van der Waals surface area contributed by atoms with E-state index in [1.807, 2.05) is 40.7 Å². The van der Waals surface area contributed by atoms with E-state index in [4.69, 9.17) is 26.4 Å². The number of methoxy groups -OCH3 is 1. The van der Waals surface area contributed by atoms with E-state index in [1.54, 1.807) is 25.3 Å². The highest BCUT2D eigenvalue weighted by Gasteiger charge is 2.16. The molecule has 0 saturated carbocycles. The molecule has 1 N–H and O–H groups in total. The number of benzene rings is 1. The smallest absolute Gasteiger partial charge is 0.224 e. The third kappa shape index (κ3) is 4.41. The van der Waals surface area contributed by atoms with Crippen LogP contribution < -0.4 is 10.1 Å². The van der Waals surface area contributed by atoms with Crippen molar-refractivity contribution in [1.82, 2.24) is 19.3 Å². The molecular formula is C23H24ClN5O2. The van der Waals surface area contributed by atoms with Crippen LogP contribution in [0.2, 0.25) is 5.02 Å². The Morgan fingerprint density at radius 3 is 2.71 bits per heavy atom. The fourth-order valence-corrected chi connectivity index (χ4v) is 3.86. The van der Waals surface area contributed by atoms with Crippen LogP contribution in [0, 0.1) is 13.8 Å². The predicted molar refractivity (Wildman–Crippen MR) is 122 cm³/mol. The lowest BCUT2D eigenvalue weighted by Gasteiger charge is -2.10. The molecule has 0 bridgehead atoms. The second kappa shape index (κ2) is 8.81. The van der Waals surface area contributed by atoms with E-state index in [0.29, 0.717) is 35.8 Å².